The fourth-order valence-electron chi connectivity index (χ4n) is 3.23. The number of rotatable bonds is 7. The molecular formula is C18H26ClN3O5. The first-order chi connectivity index (χ1) is 12.7. The molecule has 1 aromatic heterocycles. The maximum absolute atomic E-state index is 12.0. The van der Waals surface area contributed by atoms with E-state index < -0.39 is 0 Å². The van der Waals surface area contributed by atoms with E-state index in [0.29, 0.717) is 40.5 Å². The minimum atomic E-state index is -0.377. The molecule has 0 spiro atoms. The van der Waals surface area contributed by atoms with Crippen LogP contribution in [0.1, 0.15) is 12.8 Å². The molecule has 0 radical (unpaired) electrons. The van der Waals surface area contributed by atoms with Crippen molar-refractivity contribution in [3.05, 3.63) is 12.3 Å². The van der Waals surface area contributed by atoms with Crippen LogP contribution in [0.15, 0.2) is 16.7 Å². The summed E-state index contributed by atoms with van der Waals surface area (Å²) >= 11 is 0. The molecule has 1 aliphatic rings. The molecule has 0 saturated carbocycles. The second-order valence-corrected chi connectivity index (χ2v) is 6.04. The van der Waals surface area contributed by atoms with Crippen molar-refractivity contribution in [3.8, 4) is 17.2 Å². The van der Waals surface area contributed by atoms with Gasteiger partial charge in [-0.05, 0) is 32.0 Å². The Kier molecular flexibility index (Phi) is 7.44. The van der Waals surface area contributed by atoms with Gasteiger partial charge in [0, 0.05) is 13.6 Å². The largest absolute Gasteiger partial charge is 0.494 e. The molecule has 0 aliphatic carbocycles. The number of methoxy groups -OCH3 is 2. The van der Waals surface area contributed by atoms with Gasteiger partial charge in [0.05, 0.1) is 25.9 Å². The summed E-state index contributed by atoms with van der Waals surface area (Å²) in [6, 6.07) is 1.39. The summed E-state index contributed by atoms with van der Waals surface area (Å²) < 4.78 is 22.7. The Bertz CT molecular complexity index is 774. The predicted octanol–water partition coefficient (Wildman–Crippen LogP) is 3.10. The van der Waals surface area contributed by atoms with Crippen LogP contribution in [0.25, 0.3) is 11.0 Å². The number of amides is 2. The molecule has 2 aromatic rings. The summed E-state index contributed by atoms with van der Waals surface area (Å²) in [5, 5.41) is 6.01. The minimum Gasteiger partial charge on any atom is -0.494 e. The molecule has 0 atom stereocenters. The molecule has 1 fully saturated rings. The molecule has 3 rings (SSSR count). The van der Waals surface area contributed by atoms with Crippen molar-refractivity contribution < 1.29 is 23.4 Å². The van der Waals surface area contributed by atoms with Gasteiger partial charge >= 0.3 is 6.03 Å². The standard InChI is InChI=1S/C18H25N3O5.ClH/c1-19-18(22)20-13-14(23-2)12-6-10-25-15(12)17(24-3)16(13)26-11-9-21-7-4-5-8-21;/h6,10H,4-5,7-9,11H2,1-3H3,(H2,19,20,22);1H. The van der Waals surface area contributed by atoms with Crippen LogP contribution in [0.5, 0.6) is 17.2 Å². The number of carbonyl (C=O) groups is 1. The summed E-state index contributed by atoms with van der Waals surface area (Å²) in [5.41, 5.74) is 0.932. The third-order valence-electron chi connectivity index (χ3n) is 4.50. The molecule has 2 N–H and O–H groups in total. The molecule has 27 heavy (non-hydrogen) atoms. The van der Waals surface area contributed by atoms with Gasteiger partial charge in [-0.2, -0.15) is 0 Å². The zero-order chi connectivity index (χ0) is 18.5. The Morgan fingerprint density at radius 2 is 1.89 bits per heavy atom. The number of urea groups is 1. The number of nitrogens with one attached hydrogen (secondary N) is 2. The van der Waals surface area contributed by atoms with E-state index >= 15 is 0 Å². The van der Waals surface area contributed by atoms with Crippen LogP contribution < -0.4 is 24.8 Å². The number of anilines is 1. The average Bonchev–Trinajstić information content (AvgIpc) is 3.33. The van der Waals surface area contributed by atoms with E-state index in [0.717, 1.165) is 19.6 Å². The Morgan fingerprint density at radius 3 is 2.52 bits per heavy atom. The fraction of sp³-hybridized carbons (Fsp3) is 0.500. The molecule has 9 heteroatoms. The number of ether oxygens (including phenoxy) is 3. The van der Waals surface area contributed by atoms with Crippen molar-refractivity contribution in [3.63, 3.8) is 0 Å². The first kappa shape index (κ1) is 21.0. The Morgan fingerprint density at radius 1 is 1.19 bits per heavy atom. The van der Waals surface area contributed by atoms with Gasteiger partial charge < -0.3 is 29.3 Å². The summed E-state index contributed by atoms with van der Waals surface area (Å²) in [5.74, 6) is 1.29. The lowest BCUT2D eigenvalue weighted by molar-refractivity contribution is 0.230. The van der Waals surface area contributed by atoms with Crippen LogP contribution in [0.3, 0.4) is 0 Å². The van der Waals surface area contributed by atoms with Crippen molar-refractivity contribution in [1.82, 2.24) is 10.2 Å². The van der Waals surface area contributed by atoms with Crippen molar-refractivity contribution in [1.29, 1.82) is 0 Å². The summed E-state index contributed by atoms with van der Waals surface area (Å²) in [6.07, 6.45) is 3.99. The zero-order valence-corrected chi connectivity index (χ0v) is 16.6. The molecule has 2 heterocycles. The number of fused-ring (bicyclic) bond motifs is 1. The number of hydrogen-bond acceptors (Lipinski definition) is 6. The zero-order valence-electron chi connectivity index (χ0n) is 15.8. The smallest absolute Gasteiger partial charge is 0.319 e. The van der Waals surface area contributed by atoms with Crippen molar-refractivity contribution in [2.45, 2.75) is 12.8 Å². The van der Waals surface area contributed by atoms with Gasteiger partial charge in [-0.3, -0.25) is 4.90 Å². The third-order valence-corrected chi connectivity index (χ3v) is 4.50. The number of likely N-dealkylation sites (tertiary alicyclic amines) is 1. The van der Waals surface area contributed by atoms with Gasteiger partial charge in [0.2, 0.25) is 5.75 Å². The summed E-state index contributed by atoms with van der Waals surface area (Å²) in [6.45, 7) is 3.45. The van der Waals surface area contributed by atoms with Crippen molar-refractivity contribution in [2.75, 3.05) is 52.8 Å². The lowest BCUT2D eigenvalue weighted by atomic mass is 10.1. The van der Waals surface area contributed by atoms with Gasteiger partial charge in [-0.1, -0.05) is 0 Å². The first-order valence-electron chi connectivity index (χ1n) is 8.68. The van der Waals surface area contributed by atoms with Crippen LogP contribution in [-0.4, -0.2) is 58.4 Å². The molecule has 1 saturated heterocycles. The highest BCUT2D eigenvalue weighted by Crippen LogP contribution is 2.49. The average molecular weight is 400 g/mol. The van der Waals surface area contributed by atoms with E-state index in [1.807, 2.05) is 0 Å². The van der Waals surface area contributed by atoms with Gasteiger partial charge in [0.15, 0.2) is 17.1 Å². The van der Waals surface area contributed by atoms with Crippen LogP contribution in [-0.2, 0) is 0 Å². The highest BCUT2D eigenvalue weighted by Gasteiger charge is 2.26. The van der Waals surface area contributed by atoms with Gasteiger partial charge in [-0.15, -0.1) is 12.4 Å². The van der Waals surface area contributed by atoms with E-state index in [4.69, 9.17) is 18.6 Å². The predicted molar refractivity (Wildman–Crippen MR) is 106 cm³/mol. The van der Waals surface area contributed by atoms with Crippen LogP contribution in [0.4, 0.5) is 10.5 Å². The number of furan rings is 1. The first-order valence-corrected chi connectivity index (χ1v) is 8.68. The maximum atomic E-state index is 12.0. The quantitative estimate of drug-likeness (QED) is 0.744. The monoisotopic (exact) mass is 399 g/mol. The topological polar surface area (TPSA) is 85.2 Å². The maximum Gasteiger partial charge on any atom is 0.319 e. The number of halogens is 1. The Hall–Kier alpha value is -2.32. The van der Waals surface area contributed by atoms with Gasteiger partial charge in [-0.25, -0.2) is 4.79 Å². The number of hydrogen-bond donors (Lipinski definition) is 2. The van der Waals surface area contributed by atoms with Gasteiger partial charge in [0.25, 0.3) is 0 Å². The van der Waals surface area contributed by atoms with E-state index in [1.165, 1.54) is 20.0 Å². The molecule has 1 aliphatic heterocycles. The normalized spacial score (nSPS) is 13.9. The minimum absolute atomic E-state index is 0. The Labute approximate surface area is 164 Å². The fourth-order valence-corrected chi connectivity index (χ4v) is 3.23. The van der Waals surface area contributed by atoms with Crippen molar-refractivity contribution >= 4 is 35.1 Å². The Balaban J connectivity index is 0.00000261. The van der Waals surface area contributed by atoms with E-state index in [2.05, 4.69) is 15.5 Å². The van der Waals surface area contributed by atoms with Gasteiger partial charge in [0.1, 0.15) is 12.3 Å². The molecular weight excluding hydrogens is 374 g/mol. The number of carbonyl (C=O) groups excluding carboxylic acids is 1. The number of nitrogens with zero attached hydrogens (tertiary/aromatic N) is 1. The summed E-state index contributed by atoms with van der Waals surface area (Å²) in [7, 11) is 4.63. The molecule has 0 unspecified atom stereocenters. The van der Waals surface area contributed by atoms with E-state index in [1.54, 1.807) is 26.5 Å². The van der Waals surface area contributed by atoms with Crippen LogP contribution in [0.2, 0.25) is 0 Å². The molecule has 150 valence electrons. The highest BCUT2D eigenvalue weighted by molar-refractivity contribution is 6.03. The second kappa shape index (κ2) is 9.57. The van der Waals surface area contributed by atoms with Crippen molar-refractivity contribution in [2.24, 2.45) is 0 Å². The second-order valence-electron chi connectivity index (χ2n) is 6.04. The SMILES string of the molecule is CNC(=O)Nc1c(OCCN2CCCC2)c(OC)c2occc2c1OC.Cl. The molecule has 1 aromatic carbocycles. The highest BCUT2D eigenvalue weighted by atomic mass is 35.5. The van der Waals surface area contributed by atoms with Crippen LogP contribution >= 0.6 is 12.4 Å². The summed E-state index contributed by atoms with van der Waals surface area (Å²) in [4.78, 5) is 14.3. The molecule has 0 bridgehead atoms. The lowest BCUT2D eigenvalue weighted by Crippen LogP contribution is -2.27. The van der Waals surface area contributed by atoms with E-state index in [9.17, 15) is 4.79 Å². The number of benzene rings is 1. The van der Waals surface area contributed by atoms with Crippen LogP contribution in [0, 0.1) is 0 Å². The molecule has 8 nitrogen and oxygen atoms in total. The lowest BCUT2D eigenvalue weighted by Gasteiger charge is -2.20. The third kappa shape index (κ3) is 4.33. The molecule has 2 amide bonds. The van der Waals surface area contributed by atoms with E-state index in [-0.39, 0.29) is 18.4 Å².